The van der Waals surface area contributed by atoms with Crippen LogP contribution in [0.1, 0.15) is 30.1 Å². The maximum Gasteiger partial charge on any atom is 0.339 e. The summed E-state index contributed by atoms with van der Waals surface area (Å²) in [6.07, 6.45) is 6.49. The van der Waals surface area contributed by atoms with E-state index in [9.17, 15) is 14.4 Å². The first kappa shape index (κ1) is 16.1. The molecule has 0 radical (unpaired) electrons. The molecular formula is C20H18ClNO4. The third-order valence-electron chi connectivity index (χ3n) is 6.56. The molecule has 4 aliphatic rings. The smallest absolute Gasteiger partial charge is 0.339 e. The maximum absolute atomic E-state index is 13.1. The molecule has 1 aliphatic heterocycles. The SMILES string of the molecule is CCOC(=O)c1cc(N2C(=O)[C@@H]3[C@@H](C2=O)[C@H]2C=C[C@H]3C23CC3)ccc1Cl. The first-order valence-electron chi connectivity index (χ1n) is 9.02. The number of carbonyl (C=O) groups excluding carboxylic acids is 3. The molecular weight excluding hydrogens is 354 g/mol. The predicted molar refractivity (Wildman–Crippen MR) is 94.7 cm³/mol. The van der Waals surface area contributed by atoms with Crippen LogP contribution in [0.25, 0.3) is 0 Å². The Balaban J connectivity index is 1.51. The van der Waals surface area contributed by atoms with Crippen LogP contribution in [-0.2, 0) is 14.3 Å². The van der Waals surface area contributed by atoms with Gasteiger partial charge in [0.2, 0.25) is 11.8 Å². The molecule has 2 saturated carbocycles. The van der Waals surface area contributed by atoms with Gasteiger partial charge in [0.25, 0.3) is 0 Å². The summed E-state index contributed by atoms with van der Waals surface area (Å²) in [5, 5.41) is 0.241. The third-order valence-corrected chi connectivity index (χ3v) is 6.89. The number of nitrogens with zero attached hydrogens (tertiary/aromatic N) is 1. The molecule has 1 aromatic carbocycles. The van der Waals surface area contributed by atoms with Crippen molar-refractivity contribution in [2.45, 2.75) is 19.8 Å². The van der Waals surface area contributed by atoms with Crippen molar-refractivity contribution < 1.29 is 19.1 Å². The summed E-state index contributed by atoms with van der Waals surface area (Å²) in [6.45, 7) is 1.93. The van der Waals surface area contributed by atoms with Gasteiger partial charge in [-0.15, -0.1) is 0 Å². The highest BCUT2D eigenvalue weighted by Gasteiger charge is 2.73. The number of hydrogen-bond acceptors (Lipinski definition) is 4. The molecule has 5 rings (SSSR count). The average molecular weight is 372 g/mol. The van der Waals surface area contributed by atoms with Crippen molar-refractivity contribution in [2.75, 3.05) is 11.5 Å². The summed E-state index contributed by atoms with van der Waals surface area (Å²) in [4.78, 5) is 39.6. The second kappa shape index (κ2) is 5.19. The van der Waals surface area contributed by atoms with Gasteiger partial charge in [-0.05, 0) is 55.2 Å². The number of hydrogen-bond donors (Lipinski definition) is 0. The molecule has 2 amide bonds. The minimum absolute atomic E-state index is 0.153. The van der Waals surface area contributed by atoms with Gasteiger partial charge in [-0.3, -0.25) is 9.59 Å². The highest BCUT2D eigenvalue weighted by atomic mass is 35.5. The number of carbonyl (C=O) groups is 3. The normalized spacial score (nSPS) is 32.5. The van der Waals surface area contributed by atoms with Gasteiger partial charge in [-0.25, -0.2) is 9.69 Å². The van der Waals surface area contributed by atoms with Gasteiger partial charge >= 0.3 is 5.97 Å². The van der Waals surface area contributed by atoms with Crippen molar-refractivity contribution in [3.8, 4) is 0 Å². The van der Waals surface area contributed by atoms with Crippen molar-refractivity contribution in [1.29, 1.82) is 0 Å². The van der Waals surface area contributed by atoms with E-state index in [0.717, 1.165) is 12.8 Å². The molecule has 3 fully saturated rings. The summed E-state index contributed by atoms with van der Waals surface area (Å²) < 4.78 is 5.01. The first-order chi connectivity index (χ1) is 12.5. The molecule has 4 atom stereocenters. The minimum Gasteiger partial charge on any atom is -0.462 e. The molecule has 0 unspecified atom stereocenters. The quantitative estimate of drug-likeness (QED) is 0.465. The van der Waals surface area contributed by atoms with E-state index in [0.29, 0.717) is 5.69 Å². The number of halogens is 1. The molecule has 0 aromatic heterocycles. The number of allylic oxidation sites excluding steroid dienone is 2. The van der Waals surface area contributed by atoms with Crippen LogP contribution in [0, 0.1) is 29.1 Å². The largest absolute Gasteiger partial charge is 0.462 e. The Morgan fingerprint density at radius 1 is 1.19 bits per heavy atom. The Morgan fingerprint density at radius 2 is 1.81 bits per heavy atom. The Bertz CT molecular complexity index is 854. The fourth-order valence-electron chi connectivity index (χ4n) is 5.35. The number of imide groups is 1. The van der Waals surface area contributed by atoms with Crippen molar-refractivity contribution in [3.05, 3.63) is 40.9 Å². The van der Waals surface area contributed by atoms with E-state index in [1.807, 2.05) is 0 Å². The van der Waals surface area contributed by atoms with Crippen molar-refractivity contribution in [2.24, 2.45) is 29.1 Å². The molecule has 5 nitrogen and oxygen atoms in total. The zero-order chi connectivity index (χ0) is 18.2. The van der Waals surface area contributed by atoms with Crippen LogP contribution in [0.15, 0.2) is 30.4 Å². The maximum atomic E-state index is 13.1. The van der Waals surface area contributed by atoms with E-state index < -0.39 is 5.97 Å². The Hall–Kier alpha value is -2.14. The zero-order valence-electron chi connectivity index (χ0n) is 14.3. The topological polar surface area (TPSA) is 63.7 Å². The third kappa shape index (κ3) is 1.84. The van der Waals surface area contributed by atoms with E-state index in [-0.39, 0.29) is 58.1 Å². The second-order valence-corrected chi connectivity index (χ2v) is 8.02. The number of esters is 1. The molecule has 6 heteroatoms. The van der Waals surface area contributed by atoms with Gasteiger partial charge in [-0.1, -0.05) is 23.8 Å². The summed E-state index contributed by atoms with van der Waals surface area (Å²) in [5.74, 6) is -1.03. The Morgan fingerprint density at radius 3 is 2.35 bits per heavy atom. The molecule has 3 aliphatic carbocycles. The van der Waals surface area contributed by atoms with Gasteiger partial charge in [-0.2, -0.15) is 0 Å². The number of ether oxygens (including phenoxy) is 1. The van der Waals surface area contributed by atoms with Crippen LogP contribution in [0.4, 0.5) is 5.69 Å². The lowest BCUT2D eigenvalue weighted by atomic mass is 9.85. The van der Waals surface area contributed by atoms with E-state index in [1.54, 1.807) is 13.0 Å². The van der Waals surface area contributed by atoms with Crippen LogP contribution in [-0.4, -0.2) is 24.4 Å². The summed E-state index contributed by atoms with van der Waals surface area (Å²) in [5.41, 5.74) is 0.734. The summed E-state index contributed by atoms with van der Waals surface area (Å²) in [7, 11) is 0. The lowest BCUT2D eigenvalue weighted by Crippen LogP contribution is -2.34. The molecule has 26 heavy (non-hydrogen) atoms. The second-order valence-electron chi connectivity index (χ2n) is 7.62. The Labute approximate surface area is 155 Å². The number of rotatable bonds is 3. The van der Waals surface area contributed by atoms with Crippen LogP contribution >= 0.6 is 11.6 Å². The first-order valence-corrected chi connectivity index (χ1v) is 9.40. The Kier molecular flexibility index (Phi) is 3.21. The van der Waals surface area contributed by atoms with E-state index in [1.165, 1.54) is 17.0 Å². The fourth-order valence-corrected chi connectivity index (χ4v) is 5.55. The highest BCUT2D eigenvalue weighted by molar-refractivity contribution is 6.34. The average Bonchev–Trinajstić information content (AvgIpc) is 3.21. The van der Waals surface area contributed by atoms with Gasteiger partial charge in [0.15, 0.2) is 0 Å². The van der Waals surface area contributed by atoms with Crippen molar-refractivity contribution >= 4 is 35.1 Å². The van der Waals surface area contributed by atoms with Crippen molar-refractivity contribution in [3.63, 3.8) is 0 Å². The highest BCUT2D eigenvalue weighted by Crippen LogP contribution is 2.73. The van der Waals surface area contributed by atoms with Crippen LogP contribution in [0.3, 0.4) is 0 Å². The standard InChI is InChI=1S/C20H18ClNO4/c1-2-26-19(25)11-9-10(3-6-14(11)21)22-17(23)15-12-4-5-13(16(15)18(22)24)20(12)7-8-20/h3-6,9,12-13,15-16H,2,7-8H2,1H3/t12-,13-,15+,16+/m1/s1. The lowest BCUT2D eigenvalue weighted by Gasteiger charge is -2.22. The van der Waals surface area contributed by atoms with E-state index in [4.69, 9.17) is 16.3 Å². The molecule has 1 heterocycles. The van der Waals surface area contributed by atoms with E-state index >= 15 is 0 Å². The van der Waals surface area contributed by atoms with Gasteiger partial charge in [0.05, 0.1) is 34.7 Å². The van der Waals surface area contributed by atoms with Crippen LogP contribution in [0.5, 0.6) is 0 Å². The minimum atomic E-state index is -0.558. The number of benzene rings is 1. The molecule has 0 N–H and O–H groups in total. The monoisotopic (exact) mass is 371 g/mol. The van der Waals surface area contributed by atoms with Gasteiger partial charge < -0.3 is 4.74 Å². The van der Waals surface area contributed by atoms with Gasteiger partial charge in [0.1, 0.15) is 0 Å². The fraction of sp³-hybridized carbons (Fsp3) is 0.450. The molecule has 1 spiro atoms. The number of fused-ring (bicyclic) bond motifs is 3. The summed E-state index contributed by atoms with van der Waals surface area (Å²) in [6, 6.07) is 4.64. The molecule has 134 valence electrons. The van der Waals surface area contributed by atoms with Gasteiger partial charge in [0, 0.05) is 0 Å². The molecule has 1 saturated heterocycles. The summed E-state index contributed by atoms with van der Waals surface area (Å²) >= 11 is 6.10. The van der Waals surface area contributed by atoms with Crippen LogP contribution < -0.4 is 4.90 Å². The van der Waals surface area contributed by atoms with E-state index in [2.05, 4.69) is 12.2 Å². The zero-order valence-corrected chi connectivity index (χ0v) is 15.0. The lowest BCUT2D eigenvalue weighted by molar-refractivity contribution is -0.123. The molecule has 1 aromatic rings. The number of anilines is 1. The van der Waals surface area contributed by atoms with Crippen LogP contribution in [0.2, 0.25) is 5.02 Å². The van der Waals surface area contributed by atoms with Crippen molar-refractivity contribution in [1.82, 2.24) is 0 Å². The predicted octanol–water partition coefficient (Wildman–Crippen LogP) is 3.22. The molecule has 2 bridgehead atoms. The number of amides is 2.